The van der Waals surface area contributed by atoms with Crippen molar-refractivity contribution < 1.29 is 0 Å². The number of para-hydroxylation sites is 2. The van der Waals surface area contributed by atoms with Crippen LogP contribution in [0.1, 0.15) is 120 Å². The number of nitrogens with zero attached hydrogens (tertiary/aromatic N) is 3. The van der Waals surface area contributed by atoms with Gasteiger partial charge in [0, 0.05) is 85.1 Å². The number of rotatable bonds is 19. The Bertz CT molecular complexity index is 2800. The summed E-state index contributed by atoms with van der Waals surface area (Å²) in [4.78, 5) is 0. The number of hydrogen-bond acceptors (Lipinski definition) is 0. The van der Waals surface area contributed by atoms with Gasteiger partial charge in [0.15, 0.2) is 0 Å². The molecular formula is C58H63N3. The predicted molar refractivity (Wildman–Crippen MR) is 269 cm³/mol. The molecule has 61 heavy (non-hydrogen) atoms. The molecule has 6 aromatic carbocycles. The Morgan fingerprint density at radius 2 is 0.574 bits per heavy atom. The Balaban J connectivity index is 1.03. The maximum atomic E-state index is 2.60. The van der Waals surface area contributed by atoms with Gasteiger partial charge in [-0.2, -0.15) is 0 Å². The van der Waals surface area contributed by atoms with Crippen molar-refractivity contribution >= 4 is 89.7 Å². The zero-order chi connectivity index (χ0) is 41.5. The van der Waals surface area contributed by atoms with Crippen LogP contribution in [0.2, 0.25) is 0 Å². The van der Waals surface area contributed by atoms with Gasteiger partial charge in [-0.25, -0.2) is 0 Å². The molecule has 0 aliphatic carbocycles. The zero-order valence-corrected chi connectivity index (χ0v) is 36.8. The van der Waals surface area contributed by atoms with Crippen molar-refractivity contribution in [3.63, 3.8) is 0 Å². The lowest BCUT2D eigenvalue weighted by molar-refractivity contribution is 0.602. The third-order valence-electron chi connectivity index (χ3n) is 13.2. The van der Waals surface area contributed by atoms with Crippen LogP contribution < -0.4 is 0 Å². The lowest BCUT2D eigenvalue weighted by atomic mass is 10.1. The fourth-order valence-electron chi connectivity index (χ4n) is 9.87. The highest BCUT2D eigenvalue weighted by atomic mass is 15.0. The van der Waals surface area contributed by atoms with E-state index < -0.39 is 0 Å². The maximum absolute atomic E-state index is 2.60. The first-order valence-corrected chi connectivity index (χ1v) is 23.6. The van der Waals surface area contributed by atoms with Crippen molar-refractivity contribution in [1.29, 1.82) is 0 Å². The normalized spacial score (nSPS) is 12.4. The third kappa shape index (κ3) is 8.45. The number of hydrogen-bond donors (Lipinski definition) is 0. The van der Waals surface area contributed by atoms with Crippen LogP contribution in [0.4, 0.5) is 0 Å². The van der Waals surface area contributed by atoms with E-state index in [0.29, 0.717) is 0 Å². The minimum atomic E-state index is 1.03. The molecule has 0 atom stereocenters. The summed E-state index contributed by atoms with van der Waals surface area (Å²) < 4.78 is 7.71. The first kappa shape index (κ1) is 40.6. The fraction of sp³-hybridized carbons (Fsp3) is 0.310. The molecule has 3 heteroatoms. The lowest BCUT2D eigenvalue weighted by Gasteiger charge is -2.09. The van der Waals surface area contributed by atoms with Crippen molar-refractivity contribution in [2.75, 3.05) is 0 Å². The predicted octanol–water partition coefficient (Wildman–Crippen LogP) is 17.1. The number of benzene rings is 6. The van der Waals surface area contributed by atoms with E-state index in [9.17, 15) is 0 Å². The molecule has 3 heterocycles. The summed E-state index contributed by atoms with van der Waals surface area (Å²) in [6, 6.07) is 46.0. The molecule has 0 amide bonds. The monoisotopic (exact) mass is 802 g/mol. The van der Waals surface area contributed by atoms with E-state index in [-0.39, 0.29) is 0 Å². The molecule has 9 aromatic rings. The summed E-state index contributed by atoms with van der Waals surface area (Å²) >= 11 is 0. The highest BCUT2D eigenvalue weighted by Gasteiger charge is 2.14. The first-order valence-electron chi connectivity index (χ1n) is 23.6. The second-order valence-electron chi connectivity index (χ2n) is 17.4. The molecular weight excluding hydrogens is 739 g/mol. The van der Waals surface area contributed by atoms with Gasteiger partial charge in [0.25, 0.3) is 0 Å². The molecule has 0 radical (unpaired) electrons. The van der Waals surface area contributed by atoms with Gasteiger partial charge in [-0.15, -0.1) is 0 Å². The van der Waals surface area contributed by atoms with Crippen LogP contribution in [0.3, 0.4) is 0 Å². The molecule has 0 N–H and O–H groups in total. The van der Waals surface area contributed by atoms with Gasteiger partial charge < -0.3 is 13.7 Å². The van der Waals surface area contributed by atoms with Crippen LogP contribution in [0.25, 0.3) is 89.7 Å². The Hall–Kier alpha value is -5.80. The highest BCUT2D eigenvalue weighted by Crippen LogP contribution is 2.35. The average molecular weight is 802 g/mol. The van der Waals surface area contributed by atoms with Crippen molar-refractivity contribution in [3.05, 3.63) is 144 Å². The van der Waals surface area contributed by atoms with Gasteiger partial charge >= 0.3 is 0 Å². The molecule has 0 bridgehead atoms. The maximum Gasteiger partial charge on any atom is 0.0497 e. The van der Waals surface area contributed by atoms with E-state index in [2.05, 4.69) is 180 Å². The van der Waals surface area contributed by atoms with Crippen LogP contribution in [0, 0.1) is 0 Å². The quantitative estimate of drug-likeness (QED) is 0.0571. The van der Waals surface area contributed by atoms with Crippen LogP contribution in [0.5, 0.6) is 0 Å². The number of aryl methyl sites for hydroxylation is 3. The Kier molecular flexibility index (Phi) is 12.5. The molecule has 0 saturated carbocycles. The van der Waals surface area contributed by atoms with E-state index in [1.807, 2.05) is 0 Å². The van der Waals surface area contributed by atoms with Gasteiger partial charge in [-0.05, 0) is 77.9 Å². The zero-order valence-electron chi connectivity index (χ0n) is 36.8. The molecule has 9 rings (SSSR count). The summed E-state index contributed by atoms with van der Waals surface area (Å²) in [5.74, 6) is 0. The summed E-state index contributed by atoms with van der Waals surface area (Å²) in [6.45, 7) is 10.0. The average Bonchev–Trinajstić information content (AvgIpc) is 3.90. The standard InChI is InChI=1S/C58H63N3/c1-4-7-10-17-36-59-53-22-15-13-20-47(53)49-32-28-43(39-55(49)59)24-26-45-30-34-51-52-35-31-46(42-58(52)61(57(51)41-45)38-19-12-9-6-3)27-25-44-29-33-50-48-21-14-16-23-54(48)60(56(50)40-44)37-18-11-8-5-2/h13-16,20-35,39-42H,4-12,17-19,36-38H2,1-3H3. The smallest absolute Gasteiger partial charge is 0.0497 e. The van der Waals surface area contributed by atoms with Gasteiger partial charge in [0.1, 0.15) is 0 Å². The molecule has 0 saturated heterocycles. The molecule has 3 aromatic heterocycles. The van der Waals surface area contributed by atoms with Crippen LogP contribution in [-0.2, 0) is 19.6 Å². The van der Waals surface area contributed by atoms with E-state index in [4.69, 9.17) is 0 Å². The lowest BCUT2D eigenvalue weighted by Crippen LogP contribution is -1.98. The highest BCUT2D eigenvalue weighted by molar-refractivity contribution is 6.11. The summed E-state index contributed by atoms with van der Waals surface area (Å²) in [5, 5.41) is 8.09. The van der Waals surface area contributed by atoms with Gasteiger partial charge in [-0.3, -0.25) is 0 Å². The summed E-state index contributed by atoms with van der Waals surface area (Å²) in [6.07, 6.45) is 24.3. The molecule has 0 fully saturated rings. The molecule has 3 nitrogen and oxygen atoms in total. The first-order chi connectivity index (χ1) is 30.1. The fourth-order valence-corrected chi connectivity index (χ4v) is 9.87. The van der Waals surface area contributed by atoms with Crippen molar-refractivity contribution in [3.8, 4) is 0 Å². The minimum absolute atomic E-state index is 1.03. The Morgan fingerprint density at radius 3 is 0.885 bits per heavy atom. The van der Waals surface area contributed by atoms with Gasteiger partial charge in [0.2, 0.25) is 0 Å². The van der Waals surface area contributed by atoms with Crippen molar-refractivity contribution in [2.24, 2.45) is 0 Å². The molecule has 0 aliphatic heterocycles. The summed E-state index contributed by atoms with van der Waals surface area (Å²) in [7, 11) is 0. The number of unbranched alkanes of at least 4 members (excludes halogenated alkanes) is 9. The second kappa shape index (κ2) is 18.9. The topological polar surface area (TPSA) is 14.8 Å². The van der Waals surface area contributed by atoms with Crippen molar-refractivity contribution in [2.45, 2.75) is 117 Å². The minimum Gasteiger partial charge on any atom is -0.340 e. The van der Waals surface area contributed by atoms with Crippen molar-refractivity contribution in [1.82, 2.24) is 13.7 Å². The molecule has 0 spiro atoms. The van der Waals surface area contributed by atoms with Crippen LogP contribution in [-0.4, -0.2) is 13.7 Å². The largest absolute Gasteiger partial charge is 0.340 e. The van der Waals surface area contributed by atoms with Crippen LogP contribution in [0.15, 0.2) is 121 Å². The van der Waals surface area contributed by atoms with Gasteiger partial charge in [0.05, 0.1) is 0 Å². The Labute approximate surface area is 363 Å². The van der Waals surface area contributed by atoms with Gasteiger partial charge in [-0.1, -0.05) is 188 Å². The number of fused-ring (bicyclic) bond motifs is 9. The molecule has 310 valence electrons. The van der Waals surface area contributed by atoms with E-state index in [0.717, 1.165) is 19.6 Å². The summed E-state index contributed by atoms with van der Waals surface area (Å²) in [5.41, 5.74) is 13.0. The SMILES string of the molecule is CCCCCCn1c2ccccc2c2ccc(C=Cc3ccc4c5ccc(C=Cc6ccc7c8ccccc8n(CCCCCC)c7c6)cc5n(CCCCCC)c4c3)cc21. The molecule has 0 unspecified atom stereocenters. The van der Waals surface area contributed by atoms with E-state index >= 15 is 0 Å². The van der Waals surface area contributed by atoms with E-state index in [1.165, 1.54) is 165 Å². The second-order valence-corrected chi connectivity index (χ2v) is 17.4. The Morgan fingerprint density at radius 1 is 0.295 bits per heavy atom. The number of aromatic nitrogens is 3. The van der Waals surface area contributed by atoms with E-state index in [1.54, 1.807) is 0 Å². The van der Waals surface area contributed by atoms with Crippen LogP contribution >= 0.6 is 0 Å². The molecule has 0 aliphatic rings. The third-order valence-corrected chi connectivity index (χ3v) is 13.2.